The van der Waals surface area contributed by atoms with E-state index in [0.717, 1.165) is 0 Å². The first-order valence-electron chi connectivity index (χ1n) is 6.50. The zero-order valence-corrected chi connectivity index (χ0v) is 13.2. The van der Waals surface area contributed by atoms with Crippen molar-refractivity contribution in [3.05, 3.63) is 30.3 Å². The molecule has 18 heavy (non-hydrogen) atoms. The maximum absolute atomic E-state index is 2.54. The third-order valence-corrected chi connectivity index (χ3v) is 6.31. The van der Waals surface area contributed by atoms with E-state index in [-0.39, 0.29) is 0 Å². The van der Waals surface area contributed by atoms with E-state index in [1.807, 2.05) is 0 Å². The minimum atomic E-state index is 1.18. The van der Waals surface area contributed by atoms with Crippen molar-refractivity contribution in [1.82, 2.24) is 0 Å². The molecule has 1 aromatic rings. The molecule has 0 atom stereocenters. The third-order valence-electron chi connectivity index (χ3n) is 2.88. The lowest BCUT2D eigenvalue weighted by Gasteiger charge is -2.25. The van der Waals surface area contributed by atoms with Gasteiger partial charge in [0.05, 0.1) is 0 Å². The second-order valence-corrected chi connectivity index (χ2v) is 7.83. The zero-order valence-electron chi connectivity index (χ0n) is 10.7. The summed E-state index contributed by atoms with van der Waals surface area (Å²) >= 11 is 6.30. The zero-order chi connectivity index (χ0) is 12.5. The Labute approximate surface area is 123 Å². The highest BCUT2D eigenvalue weighted by atomic mass is 32.2. The van der Waals surface area contributed by atoms with Crippen LogP contribution in [0, 0.1) is 0 Å². The molecule has 0 amide bonds. The van der Waals surface area contributed by atoms with Crippen molar-refractivity contribution >= 4 is 41.0 Å². The fourth-order valence-corrected chi connectivity index (χ4v) is 5.10. The van der Waals surface area contributed by atoms with Crippen LogP contribution in [0.5, 0.6) is 0 Å². The number of rotatable bonds is 1. The van der Waals surface area contributed by atoms with Gasteiger partial charge in [0, 0.05) is 53.3 Å². The van der Waals surface area contributed by atoms with Crippen molar-refractivity contribution in [3.8, 4) is 0 Å². The Morgan fingerprint density at radius 1 is 0.667 bits per heavy atom. The van der Waals surface area contributed by atoms with Gasteiger partial charge < -0.3 is 4.90 Å². The SMILES string of the molecule is c1ccc(N2CCSCCSCCSCC2)cc1. The second kappa shape index (κ2) is 9.05. The highest BCUT2D eigenvalue weighted by Gasteiger charge is 2.06. The van der Waals surface area contributed by atoms with Crippen molar-refractivity contribution in [1.29, 1.82) is 0 Å². The molecule has 0 aromatic heterocycles. The van der Waals surface area contributed by atoms with Gasteiger partial charge >= 0.3 is 0 Å². The number of anilines is 1. The average molecular weight is 300 g/mol. The summed E-state index contributed by atoms with van der Waals surface area (Å²) in [7, 11) is 0. The molecule has 1 aromatic carbocycles. The van der Waals surface area contributed by atoms with Gasteiger partial charge in [-0.25, -0.2) is 0 Å². The number of hydrogen-bond donors (Lipinski definition) is 0. The third kappa shape index (κ3) is 5.37. The van der Waals surface area contributed by atoms with Gasteiger partial charge in [0.25, 0.3) is 0 Å². The fraction of sp³-hybridized carbons (Fsp3) is 0.571. The molecule has 1 fully saturated rings. The minimum absolute atomic E-state index is 1.18. The van der Waals surface area contributed by atoms with E-state index in [2.05, 4.69) is 70.5 Å². The summed E-state index contributed by atoms with van der Waals surface area (Å²) < 4.78 is 0. The number of para-hydroxylation sites is 1. The van der Waals surface area contributed by atoms with Gasteiger partial charge in [-0.1, -0.05) is 18.2 Å². The molecule has 100 valence electrons. The molecule has 0 radical (unpaired) electrons. The van der Waals surface area contributed by atoms with Crippen LogP contribution in [0.3, 0.4) is 0 Å². The lowest BCUT2D eigenvalue weighted by Crippen LogP contribution is -2.28. The molecule has 0 spiro atoms. The summed E-state index contributed by atoms with van der Waals surface area (Å²) in [6.45, 7) is 2.36. The molecule has 0 aliphatic carbocycles. The molecular formula is C14H21NS3. The van der Waals surface area contributed by atoms with Crippen molar-refractivity contribution in [2.75, 3.05) is 52.5 Å². The van der Waals surface area contributed by atoms with Crippen LogP contribution in [0.15, 0.2) is 30.3 Å². The van der Waals surface area contributed by atoms with Crippen LogP contribution in [0.25, 0.3) is 0 Å². The van der Waals surface area contributed by atoms with Crippen LogP contribution in [-0.4, -0.2) is 47.6 Å². The average Bonchev–Trinajstić information content (AvgIpc) is 2.40. The smallest absolute Gasteiger partial charge is 0.0366 e. The van der Waals surface area contributed by atoms with Gasteiger partial charge in [-0.05, 0) is 12.1 Å². The summed E-state index contributed by atoms with van der Waals surface area (Å²) in [6, 6.07) is 10.8. The van der Waals surface area contributed by atoms with E-state index in [0.29, 0.717) is 0 Å². The van der Waals surface area contributed by atoms with Crippen LogP contribution >= 0.6 is 35.3 Å². The summed E-state index contributed by atoms with van der Waals surface area (Å²) in [5, 5.41) is 0. The normalized spacial score (nSPS) is 19.9. The first kappa shape index (κ1) is 14.5. The van der Waals surface area contributed by atoms with Gasteiger partial charge in [0.1, 0.15) is 0 Å². The van der Waals surface area contributed by atoms with Crippen LogP contribution in [0.4, 0.5) is 5.69 Å². The largest absolute Gasteiger partial charge is 0.370 e. The van der Waals surface area contributed by atoms with Crippen molar-refractivity contribution in [3.63, 3.8) is 0 Å². The Morgan fingerprint density at radius 3 is 1.72 bits per heavy atom. The summed E-state index contributed by atoms with van der Waals surface area (Å²) in [5.74, 6) is 7.74. The first-order chi connectivity index (χ1) is 8.97. The summed E-state index contributed by atoms with van der Waals surface area (Å²) in [5.41, 5.74) is 1.38. The van der Waals surface area contributed by atoms with E-state index >= 15 is 0 Å². The van der Waals surface area contributed by atoms with Crippen molar-refractivity contribution in [2.45, 2.75) is 0 Å². The van der Waals surface area contributed by atoms with E-state index < -0.39 is 0 Å². The van der Waals surface area contributed by atoms with Crippen LogP contribution in [-0.2, 0) is 0 Å². The predicted molar refractivity (Wildman–Crippen MR) is 90.6 cm³/mol. The van der Waals surface area contributed by atoms with E-state index in [4.69, 9.17) is 0 Å². The molecule has 0 unspecified atom stereocenters. The molecular weight excluding hydrogens is 278 g/mol. The molecule has 4 heteroatoms. The number of hydrogen-bond acceptors (Lipinski definition) is 4. The lowest BCUT2D eigenvalue weighted by atomic mass is 10.3. The number of benzene rings is 1. The highest BCUT2D eigenvalue weighted by molar-refractivity contribution is 8.04. The molecule has 2 rings (SSSR count). The Morgan fingerprint density at radius 2 is 1.17 bits per heavy atom. The molecule has 0 bridgehead atoms. The molecule has 1 heterocycles. The maximum Gasteiger partial charge on any atom is 0.0366 e. The molecule has 1 nitrogen and oxygen atoms in total. The van der Waals surface area contributed by atoms with E-state index in [1.54, 1.807) is 0 Å². The van der Waals surface area contributed by atoms with Gasteiger partial charge in [0.2, 0.25) is 0 Å². The summed E-state index contributed by atoms with van der Waals surface area (Å²) in [6.07, 6.45) is 0. The van der Waals surface area contributed by atoms with Crippen LogP contribution < -0.4 is 4.90 Å². The molecule has 0 N–H and O–H groups in total. The monoisotopic (exact) mass is 299 g/mol. The lowest BCUT2D eigenvalue weighted by molar-refractivity contribution is 0.879. The van der Waals surface area contributed by atoms with Crippen LogP contribution in [0.1, 0.15) is 0 Å². The number of thioether (sulfide) groups is 3. The Bertz CT molecular complexity index is 306. The predicted octanol–water partition coefficient (Wildman–Crippen LogP) is 3.71. The van der Waals surface area contributed by atoms with E-state index in [1.165, 1.54) is 53.3 Å². The molecule has 1 aliphatic rings. The molecule has 1 aliphatic heterocycles. The van der Waals surface area contributed by atoms with E-state index in [9.17, 15) is 0 Å². The Balaban J connectivity index is 1.89. The van der Waals surface area contributed by atoms with Crippen LogP contribution in [0.2, 0.25) is 0 Å². The highest BCUT2D eigenvalue weighted by Crippen LogP contribution is 2.17. The number of nitrogens with zero attached hydrogens (tertiary/aromatic N) is 1. The Hall–Kier alpha value is 0.0700. The van der Waals surface area contributed by atoms with Gasteiger partial charge in [0.15, 0.2) is 0 Å². The van der Waals surface area contributed by atoms with Gasteiger partial charge in [-0.15, -0.1) is 0 Å². The topological polar surface area (TPSA) is 3.24 Å². The van der Waals surface area contributed by atoms with Gasteiger partial charge in [-0.2, -0.15) is 35.3 Å². The van der Waals surface area contributed by atoms with Crippen molar-refractivity contribution < 1.29 is 0 Å². The molecule has 0 saturated carbocycles. The first-order valence-corrected chi connectivity index (χ1v) is 9.96. The standard InChI is InChI=1S/C14H21NS3/c1-2-4-14(5-3-1)15-6-8-16-10-12-18-13-11-17-9-7-15/h1-5H,6-13H2. The Kier molecular flexibility index (Phi) is 7.28. The maximum atomic E-state index is 2.54. The van der Waals surface area contributed by atoms with Crippen molar-refractivity contribution in [2.24, 2.45) is 0 Å². The van der Waals surface area contributed by atoms with Gasteiger partial charge in [-0.3, -0.25) is 0 Å². The second-order valence-electron chi connectivity index (χ2n) is 4.16. The fourth-order valence-electron chi connectivity index (χ4n) is 1.90. The minimum Gasteiger partial charge on any atom is -0.370 e. The summed E-state index contributed by atoms with van der Waals surface area (Å²) in [4.78, 5) is 2.54. The quantitative estimate of drug-likeness (QED) is 0.777. The molecule has 1 saturated heterocycles.